The number of hydrogen-bond donors (Lipinski definition) is 1. The monoisotopic (exact) mass is 248 g/mol. The first-order valence-corrected chi connectivity index (χ1v) is 7.46. The predicted molar refractivity (Wildman–Crippen MR) is 71.2 cm³/mol. The molecular weight excluding hydrogens is 224 g/mol. The summed E-state index contributed by atoms with van der Waals surface area (Å²) < 4.78 is 0. The maximum Gasteiger partial charge on any atom is 0.330 e. The fourth-order valence-corrected chi connectivity index (χ4v) is 5.59. The van der Waals surface area contributed by atoms with Gasteiger partial charge in [0, 0.05) is 5.57 Å². The minimum absolute atomic E-state index is 0.267. The van der Waals surface area contributed by atoms with E-state index in [9.17, 15) is 4.79 Å². The van der Waals surface area contributed by atoms with Crippen molar-refractivity contribution < 1.29 is 9.90 Å². The topological polar surface area (TPSA) is 37.3 Å². The molecule has 4 aliphatic rings. The van der Waals surface area contributed by atoms with Gasteiger partial charge in [-0.3, -0.25) is 0 Å². The lowest BCUT2D eigenvalue weighted by Crippen LogP contribution is -2.52. The van der Waals surface area contributed by atoms with Gasteiger partial charge >= 0.3 is 5.97 Å². The third-order valence-electron chi connectivity index (χ3n) is 6.27. The van der Waals surface area contributed by atoms with Gasteiger partial charge in [0.15, 0.2) is 0 Å². The molecule has 0 unspecified atom stereocenters. The Morgan fingerprint density at radius 3 is 2.06 bits per heavy atom. The molecule has 2 nitrogen and oxygen atoms in total. The van der Waals surface area contributed by atoms with Crippen molar-refractivity contribution >= 4 is 5.97 Å². The molecule has 2 heteroatoms. The first-order chi connectivity index (χ1) is 8.55. The van der Waals surface area contributed by atoms with Gasteiger partial charge in [-0.15, -0.1) is 0 Å². The van der Waals surface area contributed by atoms with Crippen molar-refractivity contribution in [2.24, 2.45) is 29.1 Å². The van der Waals surface area contributed by atoms with Crippen LogP contribution in [-0.2, 0) is 4.79 Å². The van der Waals surface area contributed by atoms with E-state index in [-0.39, 0.29) is 5.41 Å². The normalized spacial score (nSPS) is 45.2. The number of carboxylic acids is 1. The van der Waals surface area contributed by atoms with Crippen LogP contribution >= 0.6 is 0 Å². The summed E-state index contributed by atoms with van der Waals surface area (Å²) >= 11 is 0. The maximum atomic E-state index is 11.1. The Labute approximate surface area is 109 Å². The largest absolute Gasteiger partial charge is 0.478 e. The van der Waals surface area contributed by atoms with E-state index >= 15 is 0 Å². The number of aliphatic carboxylic acids is 1. The van der Waals surface area contributed by atoms with E-state index in [1.807, 2.05) is 0 Å². The van der Waals surface area contributed by atoms with Crippen molar-refractivity contribution in [3.8, 4) is 0 Å². The zero-order chi connectivity index (χ0) is 12.9. The molecule has 4 fully saturated rings. The highest BCUT2D eigenvalue weighted by Gasteiger charge is 2.56. The highest BCUT2D eigenvalue weighted by atomic mass is 16.4. The Bertz CT molecular complexity index is 355. The van der Waals surface area contributed by atoms with E-state index < -0.39 is 5.97 Å². The van der Waals surface area contributed by atoms with Crippen LogP contribution in [0.15, 0.2) is 12.2 Å². The second-order valence-electron chi connectivity index (χ2n) is 6.98. The summed E-state index contributed by atoms with van der Waals surface area (Å²) in [5, 5.41) is 9.15. The van der Waals surface area contributed by atoms with Crippen LogP contribution in [0.25, 0.3) is 0 Å². The van der Waals surface area contributed by atoms with Crippen molar-refractivity contribution in [2.45, 2.75) is 51.9 Å². The summed E-state index contributed by atoms with van der Waals surface area (Å²) in [4.78, 5) is 11.1. The second-order valence-corrected chi connectivity index (χ2v) is 6.98. The quantitative estimate of drug-likeness (QED) is 0.767. The first kappa shape index (κ1) is 12.3. The van der Waals surface area contributed by atoms with Gasteiger partial charge in [0.1, 0.15) is 0 Å². The van der Waals surface area contributed by atoms with Crippen LogP contribution in [0.4, 0.5) is 0 Å². The average molecular weight is 248 g/mol. The molecule has 0 atom stereocenters. The van der Waals surface area contributed by atoms with Gasteiger partial charge in [-0.05, 0) is 74.0 Å². The third kappa shape index (κ3) is 1.64. The van der Waals surface area contributed by atoms with Crippen LogP contribution in [0.5, 0.6) is 0 Å². The van der Waals surface area contributed by atoms with Gasteiger partial charge in [0.2, 0.25) is 0 Å². The standard InChI is InChI=1S/C16H24O2/c1-3-16(9-10(2)15(17)18)13-5-11-4-12(7-13)8-14(16)6-11/h11-14H,2-9H2,1H3,(H,17,18). The van der Waals surface area contributed by atoms with Crippen LogP contribution in [0.2, 0.25) is 0 Å². The first-order valence-electron chi connectivity index (χ1n) is 7.46. The molecule has 4 rings (SSSR count). The van der Waals surface area contributed by atoms with Crippen LogP contribution in [-0.4, -0.2) is 11.1 Å². The molecular formula is C16H24O2. The molecule has 0 amide bonds. The molecule has 0 heterocycles. The molecule has 0 spiro atoms. The number of carbonyl (C=O) groups is 1. The van der Waals surface area contributed by atoms with E-state index in [0.717, 1.165) is 36.5 Å². The van der Waals surface area contributed by atoms with Crippen LogP contribution in [0.1, 0.15) is 51.9 Å². The summed E-state index contributed by atoms with van der Waals surface area (Å²) in [5.41, 5.74) is 0.701. The van der Waals surface area contributed by atoms with Crippen molar-refractivity contribution in [2.75, 3.05) is 0 Å². The summed E-state index contributed by atoms with van der Waals surface area (Å²) in [5.74, 6) is 2.65. The molecule has 100 valence electrons. The van der Waals surface area contributed by atoms with E-state index in [4.69, 9.17) is 5.11 Å². The summed E-state index contributed by atoms with van der Waals surface area (Å²) in [6.07, 6.45) is 8.73. The van der Waals surface area contributed by atoms with Crippen molar-refractivity contribution in [1.82, 2.24) is 0 Å². The fourth-order valence-electron chi connectivity index (χ4n) is 5.59. The Morgan fingerprint density at radius 2 is 1.67 bits per heavy atom. The Kier molecular flexibility index (Phi) is 2.80. The molecule has 0 aromatic rings. The molecule has 4 saturated carbocycles. The lowest BCUT2D eigenvalue weighted by molar-refractivity contribution is -0.136. The van der Waals surface area contributed by atoms with Crippen LogP contribution < -0.4 is 0 Å². The van der Waals surface area contributed by atoms with Crippen molar-refractivity contribution in [1.29, 1.82) is 0 Å². The molecule has 18 heavy (non-hydrogen) atoms. The van der Waals surface area contributed by atoms with E-state index in [1.165, 1.54) is 32.1 Å². The highest BCUT2D eigenvalue weighted by molar-refractivity contribution is 5.85. The molecule has 1 N–H and O–H groups in total. The van der Waals surface area contributed by atoms with Crippen molar-refractivity contribution in [3.05, 3.63) is 12.2 Å². The number of rotatable bonds is 4. The van der Waals surface area contributed by atoms with E-state index in [1.54, 1.807) is 0 Å². The number of hydrogen-bond acceptors (Lipinski definition) is 1. The number of carboxylic acid groups (broad SMARTS) is 1. The molecule has 0 aliphatic heterocycles. The molecule has 4 aliphatic carbocycles. The van der Waals surface area contributed by atoms with Crippen molar-refractivity contribution in [3.63, 3.8) is 0 Å². The average Bonchev–Trinajstić information content (AvgIpc) is 2.32. The summed E-state index contributed by atoms with van der Waals surface area (Å²) in [6, 6.07) is 0. The molecule has 0 saturated heterocycles. The van der Waals surface area contributed by atoms with Gasteiger partial charge in [-0.25, -0.2) is 4.79 Å². The smallest absolute Gasteiger partial charge is 0.330 e. The van der Waals surface area contributed by atoms with Gasteiger partial charge in [0.05, 0.1) is 0 Å². The van der Waals surface area contributed by atoms with E-state index in [2.05, 4.69) is 13.5 Å². The van der Waals surface area contributed by atoms with Gasteiger partial charge in [0.25, 0.3) is 0 Å². The van der Waals surface area contributed by atoms with Crippen LogP contribution in [0, 0.1) is 29.1 Å². The third-order valence-corrected chi connectivity index (χ3v) is 6.27. The Morgan fingerprint density at radius 1 is 1.17 bits per heavy atom. The summed E-state index contributed by atoms with van der Waals surface area (Å²) in [7, 11) is 0. The molecule has 0 radical (unpaired) electrons. The Hall–Kier alpha value is -0.790. The minimum Gasteiger partial charge on any atom is -0.478 e. The van der Waals surface area contributed by atoms with E-state index in [0.29, 0.717) is 5.57 Å². The lowest BCUT2D eigenvalue weighted by atomic mass is 9.43. The zero-order valence-corrected chi connectivity index (χ0v) is 11.3. The fraction of sp³-hybridized carbons (Fsp3) is 0.812. The van der Waals surface area contributed by atoms with Gasteiger partial charge < -0.3 is 5.11 Å². The predicted octanol–water partition coefficient (Wildman–Crippen LogP) is 3.87. The van der Waals surface area contributed by atoms with Gasteiger partial charge in [-0.2, -0.15) is 0 Å². The minimum atomic E-state index is -0.795. The molecule has 4 bridgehead atoms. The van der Waals surface area contributed by atoms with Crippen LogP contribution in [0.3, 0.4) is 0 Å². The second kappa shape index (κ2) is 4.11. The molecule has 0 aromatic heterocycles. The highest BCUT2D eigenvalue weighted by Crippen LogP contribution is 2.65. The lowest BCUT2D eigenvalue weighted by Gasteiger charge is -2.61. The Balaban J connectivity index is 1.87. The zero-order valence-electron chi connectivity index (χ0n) is 11.3. The van der Waals surface area contributed by atoms with Gasteiger partial charge in [-0.1, -0.05) is 13.5 Å². The maximum absolute atomic E-state index is 11.1. The SMILES string of the molecule is C=C(CC1(CC)C2CC3CC(C2)CC1C3)C(=O)O. The molecule has 0 aromatic carbocycles. The summed E-state index contributed by atoms with van der Waals surface area (Å²) in [6.45, 7) is 6.06.